The monoisotopic (exact) mass is 346 g/mol. The van der Waals surface area contributed by atoms with Crippen molar-refractivity contribution in [2.24, 2.45) is 11.3 Å². The summed E-state index contributed by atoms with van der Waals surface area (Å²) in [6, 6.07) is 0. The molecule has 3 fully saturated rings. The number of Topliss-reactive ketones (excluding diaryl/α,β-unsaturated/α-hetero) is 1. The summed E-state index contributed by atoms with van der Waals surface area (Å²) in [4.78, 5) is 12.0. The van der Waals surface area contributed by atoms with E-state index < -0.39 is 49.0 Å². The van der Waals surface area contributed by atoms with Crippen LogP contribution < -0.4 is 0 Å². The van der Waals surface area contributed by atoms with Crippen molar-refractivity contribution in [3.05, 3.63) is 0 Å². The molecule has 2 saturated heterocycles. The van der Waals surface area contributed by atoms with E-state index in [0.29, 0.717) is 6.42 Å². The smallest absolute Gasteiger partial charge is 0.186 e. The van der Waals surface area contributed by atoms with Gasteiger partial charge in [-0.05, 0) is 12.3 Å². The number of aliphatic hydroxyl groups is 4. The molecule has 3 rings (SSSR count). The first-order chi connectivity index (χ1) is 11.1. The average Bonchev–Trinajstić information content (AvgIpc) is 3.19. The van der Waals surface area contributed by atoms with Gasteiger partial charge in [-0.3, -0.25) is 4.79 Å². The molecule has 2 heterocycles. The van der Waals surface area contributed by atoms with E-state index >= 15 is 0 Å². The number of fused-ring (bicyclic) bond motifs is 1. The molecule has 0 aromatic carbocycles. The summed E-state index contributed by atoms with van der Waals surface area (Å²) in [5, 5.41) is 38.8. The van der Waals surface area contributed by atoms with E-state index in [9.17, 15) is 25.2 Å². The molecule has 4 N–H and O–H groups in total. The molecule has 24 heavy (non-hydrogen) atoms. The maximum absolute atomic E-state index is 12.0. The molecule has 0 amide bonds. The predicted octanol–water partition coefficient (Wildman–Crippen LogP) is -1.42. The Hall–Kier alpha value is -0.610. The summed E-state index contributed by atoms with van der Waals surface area (Å²) in [5.41, 5.74) is -0.931. The number of carbonyl (C=O) groups is 1. The largest absolute Gasteiger partial charge is 0.394 e. The molecule has 2 aliphatic heterocycles. The molecule has 0 aromatic rings. The fourth-order valence-electron chi connectivity index (χ4n) is 4.10. The van der Waals surface area contributed by atoms with Crippen molar-refractivity contribution < 1.29 is 39.4 Å². The van der Waals surface area contributed by atoms with Gasteiger partial charge in [-0.2, -0.15) is 0 Å². The third-order valence-corrected chi connectivity index (χ3v) is 5.67. The fraction of sp³-hybridized carbons (Fsp3) is 0.938. The SMILES string of the molecule is CC1(C)CC(=O)C2OC2(C)C1COC1OC(CO)C(O)C(O)C1O. The van der Waals surface area contributed by atoms with Crippen molar-refractivity contribution in [2.45, 2.75) is 69.6 Å². The summed E-state index contributed by atoms with van der Waals surface area (Å²) < 4.78 is 16.6. The first-order valence-corrected chi connectivity index (χ1v) is 8.24. The Morgan fingerprint density at radius 3 is 2.46 bits per heavy atom. The molecule has 0 spiro atoms. The van der Waals surface area contributed by atoms with Gasteiger partial charge >= 0.3 is 0 Å². The lowest BCUT2D eigenvalue weighted by Crippen LogP contribution is -2.59. The Bertz CT molecular complexity index is 502. The topological polar surface area (TPSA) is 129 Å². The molecule has 0 radical (unpaired) electrons. The standard InChI is InChI=1S/C16H26O8/c1-15(2)4-7(18)13-16(3,24-13)9(15)6-22-14-12(21)11(20)10(19)8(5-17)23-14/h8-14,17,19-21H,4-6H2,1-3H3. The molecule has 8 unspecified atom stereocenters. The molecular formula is C16H26O8. The highest BCUT2D eigenvalue weighted by atomic mass is 16.7. The van der Waals surface area contributed by atoms with Crippen molar-refractivity contribution in [3.63, 3.8) is 0 Å². The molecule has 138 valence electrons. The van der Waals surface area contributed by atoms with Gasteiger partial charge in [-0.15, -0.1) is 0 Å². The van der Waals surface area contributed by atoms with Crippen LogP contribution in [0, 0.1) is 11.3 Å². The second-order valence-electron chi connectivity index (χ2n) is 7.90. The quantitative estimate of drug-likeness (QED) is 0.456. The molecular weight excluding hydrogens is 320 g/mol. The Labute approximate surface area is 140 Å². The number of ether oxygens (including phenoxy) is 3. The van der Waals surface area contributed by atoms with Crippen LogP contribution in [0.25, 0.3) is 0 Å². The van der Waals surface area contributed by atoms with E-state index in [2.05, 4.69) is 0 Å². The van der Waals surface area contributed by atoms with E-state index in [4.69, 9.17) is 14.2 Å². The van der Waals surface area contributed by atoms with Crippen molar-refractivity contribution in [2.75, 3.05) is 13.2 Å². The van der Waals surface area contributed by atoms with Crippen LogP contribution in [-0.4, -0.2) is 81.8 Å². The van der Waals surface area contributed by atoms with E-state index in [1.165, 1.54) is 0 Å². The molecule has 0 bridgehead atoms. The van der Waals surface area contributed by atoms with Gasteiger partial charge < -0.3 is 34.6 Å². The van der Waals surface area contributed by atoms with Gasteiger partial charge in [-0.1, -0.05) is 13.8 Å². The Morgan fingerprint density at radius 2 is 1.83 bits per heavy atom. The summed E-state index contributed by atoms with van der Waals surface area (Å²) in [7, 11) is 0. The second kappa shape index (κ2) is 5.98. The third kappa shape index (κ3) is 2.80. The highest BCUT2D eigenvalue weighted by molar-refractivity contribution is 5.89. The van der Waals surface area contributed by atoms with Gasteiger partial charge in [-0.25, -0.2) is 0 Å². The van der Waals surface area contributed by atoms with Crippen LogP contribution in [0.15, 0.2) is 0 Å². The van der Waals surface area contributed by atoms with Crippen molar-refractivity contribution >= 4 is 5.78 Å². The number of hydrogen-bond donors (Lipinski definition) is 4. The first kappa shape index (κ1) is 18.2. The van der Waals surface area contributed by atoms with Gasteiger partial charge in [0.15, 0.2) is 12.1 Å². The van der Waals surface area contributed by atoms with E-state index in [1.807, 2.05) is 20.8 Å². The zero-order chi connectivity index (χ0) is 17.9. The zero-order valence-corrected chi connectivity index (χ0v) is 14.1. The summed E-state index contributed by atoms with van der Waals surface area (Å²) in [6.45, 7) is 5.47. The molecule has 1 saturated carbocycles. The molecule has 3 aliphatic rings. The van der Waals surface area contributed by atoms with Crippen LogP contribution in [0.2, 0.25) is 0 Å². The Morgan fingerprint density at radius 1 is 1.17 bits per heavy atom. The lowest BCUT2D eigenvalue weighted by Gasteiger charge is -2.43. The lowest BCUT2D eigenvalue weighted by molar-refractivity contribution is -0.305. The maximum Gasteiger partial charge on any atom is 0.186 e. The summed E-state index contributed by atoms with van der Waals surface area (Å²) in [5.74, 6) is -0.00772. The molecule has 8 nitrogen and oxygen atoms in total. The van der Waals surface area contributed by atoms with Gasteiger partial charge in [0.05, 0.1) is 13.2 Å². The number of rotatable bonds is 4. The zero-order valence-electron chi connectivity index (χ0n) is 14.1. The number of aliphatic hydroxyl groups excluding tert-OH is 4. The third-order valence-electron chi connectivity index (χ3n) is 5.67. The van der Waals surface area contributed by atoms with Crippen molar-refractivity contribution in [1.29, 1.82) is 0 Å². The molecule has 8 heteroatoms. The average molecular weight is 346 g/mol. The highest BCUT2D eigenvalue weighted by Crippen LogP contribution is 2.56. The van der Waals surface area contributed by atoms with Crippen molar-refractivity contribution in [1.82, 2.24) is 0 Å². The minimum atomic E-state index is -1.47. The number of carbonyl (C=O) groups excluding carboxylic acids is 1. The van der Waals surface area contributed by atoms with Crippen LogP contribution in [0.3, 0.4) is 0 Å². The van der Waals surface area contributed by atoms with Gasteiger partial charge in [0.2, 0.25) is 0 Å². The maximum atomic E-state index is 12.0. The van der Waals surface area contributed by atoms with Crippen LogP contribution in [0.5, 0.6) is 0 Å². The molecule has 8 atom stereocenters. The van der Waals surface area contributed by atoms with Crippen LogP contribution in [0.4, 0.5) is 0 Å². The molecule has 1 aliphatic carbocycles. The van der Waals surface area contributed by atoms with E-state index in [-0.39, 0.29) is 23.7 Å². The normalized spacial score (nSPS) is 50.5. The lowest BCUT2D eigenvalue weighted by atomic mass is 9.64. The second-order valence-corrected chi connectivity index (χ2v) is 7.90. The van der Waals surface area contributed by atoms with Crippen LogP contribution in [-0.2, 0) is 19.0 Å². The van der Waals surface area contributed by atoms with Gasteiger partial charge in [0.1, 0.15) is 36.1 Å². The number of ketones is 1. The number of hydrogen-bond acceptors (Lipinski definition) is 8. The van der Waals surface area contributed by atoms with Crippen LogP contribution >= 0.6 is 0 Å². The van der Waals surface area contributed by atoms with E-state index in [1.54, 1.807) is 0 Å². The number of epoxide rings is 1. The predicted molar refractivity (Wildman–Crippen MR) is 79.9 cm³/mol. The van der Waals surface area contributed by atoms with Gasteiger partial charge in [0.25, 0.3) is 0 Å². The Kier molecular flexibility index (Phi) is 4.53. The Balaban J connectivity index is 1.67. The summed E-state index contributed by atoms with van der Waals surface area (Å²) in [6.07, 6.45) is -6.52. The first-order valence-electron chi connectivity index (χ1n) is 8.24. The minimum Gasteiger partial charge on any atom is -0.394 e. The highest BCUT2D eigenvalue weighted by Gasteiger charge is 2.68. The van der Waals surface area contributed by atoms with Crippen LogP contribution in [0.1, 0.15) is 27.2 Å². The minimum absolute atomic E-state index is 0.0894. The van der Waals surface area contributed by atoms with E-state index in [0.717, 1.165) is 0 Å². The van der Waals surface area contributed by atoms with Crippen molar-refractivity contribution in [3.8, 4) is 0 Å². The van der Waals surface area contributed by atoms with Gasteiger partial charge in [0, 0.05) is 12.3 Å². The summed E-state index contributed by atoms with van der Waals surface area (Å²) >= 11 is 0. The fourth-order valence-corrected chi connectivity index (χ4v) is 4.10. The molecule has 0 aromatic heterocycles.